The van der Waals surface area contributed by atoms with Crippen LogP contribution in [0.5, 0.6) is 5.75 Å². The monoisotopic (exact) mass is 223 g/mol. The minimum Gasteiger partial charge on any atom is -0.477 e. The quantitative estimate of drug-likeness (QED) is 0.852. The summed E-state index contributed by atoms with van der Waals surface area (Å²) in [4.78, 5) is 13.7. The Hall–Kier alpha value is -1.43. The number of aromatic carboxylic acids is 1. The maximum atomic E-state index is 11.7. The average molecular weight is 224 g/mol. The lowest BCUT2D eigenvalue weighted by Gasteiger charge is -2.05. The smallest absolute Gasteiger partial charge is 0.387 e. The van der Waals surface area contributed by atoms with Gasteiger partial charge in [0.25, 0.3) is 0 Å². The molecule has 0 aromatic carbocycles. The Morgan fingerprint density at radius 3 is 2.71 bits per heavy atom. The zero-order chi connectivity index (χ0) is 10.7. The van der Waals surface area contributed by atoms with Gasteiger partial charge in [-0.25, -0.2) is 9.78 Å². The number of ether oxygens (including phenoxy) is 1. The molecule has 0 saturated heterocycles. The highest BCUT2D eigenvalue weighted by molar-refractivity contribution is 6.32. The summed E-state index contributed by atoms with van der Waals surface area (Å²) < 4.78 is 27.4. The molecule has 0 spiro atoms. The average Bonchev–Trinajstić information content (AvgIpc) is 2.07. The summed E-state index contributed by atoms with van der Waals surface area (Å²) in [5.74, 6) is -1.65. The van der Waals surface area contributed by atoms with Gasteiger partial charge in [-0.15, -0.1) is 0 Å². The van der Waals surface area contributed by atoms with E-state index in [9.17, 15) is 13.6 Å². The summed E-state index contributed by atoms with van der Waals surface area (Å²) in [7, 11) is 0. The first kappa shape index (κ1) is 10.6. The molecule has 0 aliphatic rings. The Balaban J connectivity index is 2.95. The normalized spacial score (nSPS) is 10.3. The fourth-order valence-corrected chi connectivity index (χ4v) is 0.915. The van der Waals surface area contributed by atoms with Crippen molar-refractivity contribution in [3.63, 3.8) is 0 Å². The van der Waals surface area contributed by atoms with Crippen molar-refractivity contribution in [3.05, 3.63) is 23.0 Å². The van der Waals surface area contributed by atoms with Crippen molar-refractivity contribution in [3.8, 4) is 5.75 Å². The summed E-state index contributed by atoms with van der Waals surface area (Å²) in [5.41, 5.74) is -0.336. The van der Waals surface area contributed by atoms with E-state index >= 15 is 0 Å². The summed E-state index contributed by atoms with van der Waals surface area (Å²) in [6.45, 7) is -3.02. The van der Waals surface area contributed by atoms with Gasteiger partial charge in [-0.3, -0.25) is 0 Å². The van der Waals surface area contributed by atoms with Gasteiger partial charge in [-0.1, -0.05) is 11.6 Å². The van der Waals surface area contributed by atoms with Crippen LogP contribution in [0.2, 0.25) is 5.02 Å². The highest BCUT2D eigenvalue weighted by atomic mass is 35.5. The third-order valence-electron chi connectivity index (χ3n) is 1.25. The van der Waals surface area contributed by atoms with Gasteiger partial charge >= 0.3 is 12.6 Å². The van der Waals surface area contributed by atoms with Gasteiger partial charge in [0.05, 0.1) is 11.2 Å². The third-order valence-corrected chi connectivity index (χ3v) is 1.55. The first-order chi connectivity index (χ1) is 6.50. The predicted octanol–water partition coefficient (Wildman–Crippen LogP) is 2.03. The van der Waals surface area contributed by atoms with E-state index in [1.807, 2.05) is 0 Å². The molecule has 1 heterocycles. The van der Waals surface area contributed by atoms with Crippen molar-refractivity contribution in [1.29, 1.82) is 0 Å². The topological polar surface area (TPSA) is 59.4 Å². The molecule has 76 valence electrons. The van der Waals surface area contributed by atoms with Crippen molar-refractivity contribution < 1.29 is 23.4 Å². The number of pyridine rings is 1. The van der Waals surface area contributed by atoms with Crippen molar-refractivity contribution in [2.24, 2.45) is 0 Å². The van der Waals surface area contributed by atoms with Crippen LogP contribution < -0.4 is 4.74 Å². The fourth-order valence-electron chi connectivity index (χ4n) is 0.718. The van der Waals surface area contributed by atoms with Crippen LogP contribution in [0.15, 0.2) is 12.3 Å². The molecule has 0 bridgehead atoms. The number of halogens is 3. The summed E-state index contributed by atoms with van der Waals surface area (Å²) in [6.07, 6.45) is 0.831. The van der Waals surface area contributed by atoms with E-state index in [-0.39, 0.29) is 16.5 Å². The van der Waals surface area contributed by atoms with Crippen molar-refractivity contribution in [1.82, 2.24) is 4.98 Å². The molecule has 0 atom stereocenters. The molecule has 0 aliphatic heterocycles. The molecule has 0 radical (unpaired) electrons. The van der Waals surface area contributed by atoms with Crippen LogP contribution >= 0.6 is 11.6 Å². The molecule has 7 heteroatoms. The molecular weight excluding hydrogens is 220 g/mol. The van der Waals surface area contributed by atoms with E-state index in [1.165, 1.54) is 0 Å². The highest BCUT2D eigenvalue weighted by Crippen LogP contribution is 2.25. The Morgan fingerprint density at radius 2 is 2.29 bits per heavy atom. The molecule has 0 unspecified atom stereocenters. The number of carboxylic acids is 1. The van der Waals surface area contributed by atoms with Gasteiger partial charge < -0.3 is 9.84 Å². The van der Waals surface area contributed by atoms with E-state index in [0.717, 1.165) is 12.3 Å². The molecule has 14 heavy (non-hydrogen) atoms. The van der Waals surface area contributed by atoms with E-state index in [0.29, 0.717) is 0 Å². The van der Waals surface area contributed by atoms with Crippen LogP contribution in [-0.4, -0.2) is 22.7 Å². The van der Waals surface area contributed by atoms with Crippen LogP contribution in [-0.2, 0) is 0 Å². The lowest BCUT2D eigenvalue weighted by Crippen LogP contribution is -2.05. The minimum absolute atomic E-state index is 0.224. The number of hydrogen-bond acceptors (Lipinski definition) is 3. The molecule has 1 aromatic rings. The molecule has 1 N–H and O–H groups in total. The van der Waals surface area contributed by atoms with Gasteiger partial charge in [0.2, 0.25) is 0 Å². The number of hydrogen-bond donors (Lipinski definition) is 1. The van der Waals surface area contributed by atoms with Crippen molar-refractivity contribution in [2.75, 3.05) is 0 Å². The SMILES string of the molecule is O=C(O)c1cc(Cl)c(OC(F)F)cn1. The van der Waals surface area contributed by atoms with Gasteiger partial charge in [-0.05, 0) is 6.07 Å². The zero-order valence-corrected chi connectivity index (χ0v) is 7.33. The first-order valence-electron chi connectivity index (χ1n) is 3.34. The van der Waals surface area contributed by atoms with Gasteiger partial charge in [0.15, 0.2) is 5.75 Å². The number of carboxylic acid groups (broad SMARTS) is 1. The summed E-state index contributed by atoms with van der Waals surface area (Å²) in [6, 6.07) is 0.932. The molecule has 1 rings (SSSR count). The molecule has 1 aromatic heterocycles. The molecule has 0 fully saturated rings. The lowest BCUT2D eigenvalue weighted by atomic mass is 10.3. The van der Waals surface area contributed by atoms with Crippen molar-refractivity contribution in [2.45, 2.75) is 6.61 Å². The predicted molar refractivity (Wildman–Crippen MR) is 42.8 cm³/mol. The van der Waals surface area contributed by atoms with Crippen molar-refractivity contribution >= 4 is 17.6 Å². The fraction of sp³-hybridized carbons (Fsp3) is 0.143. The van der Waals surface area contributed by atoms with Gasteiger partial charge in [0.1, 0.15) is 5.69 Å². The number of alkyl halides is 2. The molecule has 0 saturated carbocycles. The molecule has 0 amide bonds. The number of carbonyl (C=O) groups is 1. The van der Waals surface area contributed by atoms with Crippen LogP contribution in [0.4, 0.5) is 8.78 Å². The lowest BCUT2D eigenvalue weighted by molar-refractivity contribution is -0.0500. The maximum Gasteiger partial charge on any atom is 0.387 e. The maximum absolute atomic E-state index is 11.7. The van der Waals surface area contributed by atoms with Crippen LogP contribution in [0, 0.1) is 0 Å². The van der Waals surface area contributed by atoms with Crippen LogP contribution in [0.3, 0.4) is 0 Å². The minimum atomic E-state index is -3.02. The summed E-state index contributed by atoms with van der Waals surface area (Å²) >= 11 is 5.46. The third kappa shape index (κ3) is 2.53. The number of aromatic nitrogens is 1. The Bertz CT molecular complexity index is 359. The van der Waals surface area contributed by atoms with Gasteiger partial charge in [-0.2, -0.15) is 8.78 Å². The Morgan fingerprint density at radius 1 is 1.64 bits per heavy atom. The Labute approximate surface area is 82.1 Å². The second kappa shape index (κ2) is 4.19. The highest BCUT2D eigenvalue weighted by Gasteiger charge is 2.12. The second-order valence-corrected chi connectivity index (χ2v) is 2.59. The second-order valence-electron chi connectivity index (χ2n) is 2.18. The van der Waals surface area contributed by atoms with E-state index in [2.05, 4.69) is 9.72 Å². The number of nitrogens with zero attached hydrogens (tertiary/aromatic N) is 1. The zero-order valence-electron chi connectivity index (χ0n) is 6.58. The number of rotatable bonds is 3. The van der Waals surface area contributed by atoms with Crippen LogP contribution in [0.1, 0.15) is 10.5 Å². The van der Waals surface area contributed by atoms with E-state index in [1.54, 1.807) is 0 Å². The van der Waals surface area contributed by atoms with Gasteiger partial charge in [0, 0.05) is 0 Å². The molecule has 0 aliphatic carbocycles. The van der Waals surface area contributed by atoms with Crippen LogP contribution in [0.25, 0.3) is 0 Å². The summed E-state index contributed by atoms with van der Waals surface area (Å²) in [5, 5.41) is 8.25. The Kier molecular flexibility index (Phi) is 3.19. The van der Waals surface area contributed by atoms with E-state index < -0.39 is 12.6 Å². The largest absolute Gasteiger partial charge is 0.477 e. The molecular formula is C7H4ClF2NO3. The first-order valence-corrected chi connectivity index (χ1v) is 3.72. The standard InChI is InChI=1S/C7H4ClF2NO3/c8-3-1-4(6(12)13)11-2-5(3)14-7(9)10/h1-2,7H,(H,12,13). The molecule has 4 nitrogen and oxygen atoms in total. The van der Waals surface area contributed by atoms with E-state index in [4.69, 9.17) is 16.7 Å².